The maximum absolute atomic E-state index is 11.9. The zero-order valence-corrected chi connectivity index (χ0v) is 14.0. The summed E-state index contributed by atoms with van der Waals surface area (Å²) in [4.78, 5) is 34.5. The first-order valence-electron chi connectivity index (χ1n) is 7.90. The van der Waals surface area contributed by atoms with Gasteiger partial charge in [0.15, 0.2) is 0 Å². The van der Waals surface area contributed by atoms with E-state index in [-0.39, 0.29) is 11.1 Å². The maximum atomic E-state index is 11.9. The van der Waals surface area contributed by atoms with Gasteiger partial charge in [-0.1, -0.05) is 18.2 Å². The number of carboxylic acids is 1. The fourth-order valence-corrected chi connectivity index (χ4v) is 2.53. The zero-order valence-electron chi connectivity index (χ0n) is 14.0. The summed E-state index contributed by atoms with van der Waals surface area (Å²) < 4.78 is 9.84. The van der Waals surface area contributed by atoms with Crippen LogP contribution in [0.1, 0.15) is 46.9 Å². The predicted octanol–water partition coefficient (Wildman–Crippen LogP) is 3.34. The number of hydrogen-bond donors (Lipinski definition) is 1. The van der Waals surface area contributed by atoms with Crippen molar-refractivity contribution in [2.75, 3.05) is 6.79 Å². The normalized spacial score (nSPS) is 16.5. The highest BCUT2D eigenvalue weighted by atomic mass is 16.7. The average molecular weight is 344 g/mol. The standard InChI is InChI=1S/C19H20O6/c1-12(2)13-3-7-15(8-4-13)18(22)24-11-25-19(23)16-9-5-14(6-10-16)17(20)21/h5-7,9-10,13H,1,3-4,8,11H2,2H3,(H,20,21). The van der Waals surface area contributed by atoms with Crippen LogP contribution in [0.4, 0.5) is 0 Å². The SMILES string of the molecule is C=C(C)C1CC=C(C(=O)OCOC(=O)c2ccc(C(=O)O)cc2)CC1. The Morgan fingerprint density at radius 2 is 1.72 bits per heavy atom. The lowest BCUT2D eigenvalue weighted by atomic mass is 9.85. The summed E-state index contributed by atoms with van der Waals surface area (Å²) in [5.74, 6) is -1.87. The van der Waals surface area contributed by atoms with Gasteiger partial charge in [-0.3, -0.25) is 0 Å². The minimum Gasteiger partial charge on any atom is -0.478 e. The predicted molar refractivity (Wildman–Crippen MR) is 90.0 cm³/mol. The summed E-state index contributed by atoms with van der Waals surface area (Å²) in [6, 6.07) is 5.29. The number of carbonyl (C=O) groups is 3. The number of rotatable bonds is 6. The van der Waals surface area contributed by atoms with Crippen LogP contribution in [0.3, 0.4) is 0 Å². The van der Waals surface area contributed by atoms with Crippen molar-refractivity contribution < 1.29 is 29.0 Å². The molecule has 0 saturated carbocycles. The van der Waals surface area contributed by atoms with Crippen molar-refractivity contribution >= 4 is 17.9 Å². The summed E-state index contributed by atoms with van der Waals surface area (Å²) in [6.45, 7) is 5.42. The van der Waals surface area contributed by atoms with Crippen LogP contribution < -0.4 is 0 Å². The number of aromatic carboxylic acids is 1. The quantitative estimate of drug-likeness (QED) is 0.483. The van der Waals surface area contributed by atoms with E-state index >= 15 is 0 Å². The van der Waals surface area contributed by atoms with Gasteiger partial charge in [0.25, 0.3) is 0 Å². The fraction of sp³-hybridized carbons (Fsp3) is 0.316. The maximum Gasteiger partial charge on any atom is 0.340 e. The molecule has 25 heavy (non-hydrogen) atoms. The molecule has 1 aromatic carbocycles. The molecule has 0 bridgehead atoms. The van der Waals surface area contributed by atoms with Crippen LogP contribution in [0.5, 0.6) is 0 Å². The molecule has 1 unspecified atom stereocenters. The van der Waals surface area contributed by atoms with Gasteiger partial charge in [0.05, 0.1) is 11.1 Å². The average Bonchev–Trinajstić information content (AvgIpc) is 2.61. The van der Waals surface area contributed by atoms with Gasteiger partial charge in [0.2, 0.25) is 6.79 Å². The van der Waals surface area contributed by atoms with E-state index in [2.05, 4.69) is 6.58 Å². The molecule has 6 heteroatoms. The van der Waals surface area contributed by atoms with Crippen molar-refractivity contribution in [2.24, 2.45) is 5.92 Å². The summed E-state index contributed by atoms with van der Waals surface area (Å²) in [7, 11) is 0. The Morgan fingerprint density at radius 3 is 2.24 bits per heavy atom. The second-order valence-corrected chi connectivity index (χ2v) is 5.91. The highest BCUT2D eigenvalue weighted by Crippen LogP contribution is 2.28. The van der Waals surface area contributed by atoms with Gasteiger partial charge >= 0.3 is 17.9 Å². The highest BCUT2D eigenvalue weighted by molar-refractivity contribution is 5.92. The number of hydrogen-bond acceptors (Lipinski definition) is 5. The lowest BCUT2D eigenvalue weighted by Gasteiger charge is -2.21. The molecule has 132 valence electrons. The summed E-state index contributed by atoms with van der Waals surface area (Å²) in [5, 5.41) is 8.80. The van der Waals surface area contributed by atoms with Gasteiger partial charge in [-0.15, -0.1) is 0 Å². The Hall–Kier alpha value is -2.89. The number of ether oxygens (including phenoxy) is 2. The van der Waals surface area contributed by atoms with E-state index in [4.69, 9.17) is 14.6 Å². The first-order chi connectivity index (χ1) is 11.9. The molecule has 0 amide bonds. The van der Waals surface area contributed by atoms with Crippen LogP contribution in [0.25, 0.3) is 0 Å². The Balaban J connectivity index is 1.80. The van der Waals surface area contributed by atoms with Gasteiger partial charge in [-0.2, -0.15) is 0 Å². The molecule has 2 rings (SSSR count). The monoisotopic (exact) mass is 344 g/mol. The molecule has 6 nitrogen and oxygen atoms in total. The van der Waals surface area contributed by atoms with Gasteiger partial charge in [-0.25, -0.2) is 14.4 Å². The van der Waals surface area contributed by atoms with E-state index in [1.165, 1.54) is 24.3 Å². The first kappa shape index (κ1) is 18.4. The Morgan fingerprint density at radius 1 is 1.12 bits per heavy atom. The molecule has 0 aromatic heterocycles. The molecule has 0 fully saturated rings. The topological polar surface area (TPSA) is 89.9 Å². The van der Waals surface area contributed by atoms with Crippen LogP contribution in [-0.4, -0.2) is 29.8 Å². The molecule has 0 spiro atoms. The van der Waals surface area contributed by atoms with Gasteiger partial charge < -0.3 is 14.6 Å². The van der Waals surface area contributed by atoms with Crippen molar-refractivity contribution in [1.29, 1.82) is 0 Å². The van der Waals surface area contributed by atoms with Crippen molar-refractivity contribution in [2.45, 2.75) is 26.2 Å². The van der Waals surface area contributed by atoms with Crippen molar-refractivity contribution in [3.63, 3.8) is 0 Å². The molecule has 1 N–H and O–H groups in total. The van der Waals surface area contributed by atoms with Crippen LogP contribution >= 0.6 is 0 Å². The molecule has 0 heterocycles. The van der Waals surface area contributed by atoms with E-state index in [9.17, 15) is 14.4 Å². The van der Waals surface area contributed by atoms with Crippen molar-refractivity contribution in [1.82, 2.24) is 0 Å². The third kappa shape index (κ3) is 5.04. The van der Waals surface area contributed by atoms with Gasteiger partial charge in [-0.05, 0) is 56.4 Å². The molecule has 1 aliphatic rings. The van der Waals surface area contributed by atoms with Crippen molar-refractivity contribution in [3.8, 4) is 0 Å². The third-order valence-corrected chi connectivity index (χ3v) is 4.12. The number of benzene rings is 1. The number of carboxylic acid groups (broad SMARTS) is 1. The smallest absolute Gasteiger partial charge is 0.340 e. The van der Waals surface area contributed by atoms with Crippen LogP contribution in [0, 0.1) is 5.92 Å². The third-order valence-electron chi connectivity index (χ3n) is 4.12. The van der Waals surface area contributed by atoms with Crippen LogP contribution in [-0.2, 0) is 14.3 Å². The second-order valence-electron chi connectivity index (χ2n) is 5.91. The Kier molecular flexibility index (Phi) is 6.11. The molecule has 1 aromatic rings. The zero-order chi connectivity index (χ0) is 18.4. The largest absolute Gasteiger partial charge is 0.478 e. The molecule has 0 radical (unpaired) electrons. The lowest BCUT2D eigenvalue weighted by molar-refractivity contribution is -0.147. The van der Waals surface area contributed by atoms with Crippen LogP contribution in [0.15, 0.2) is 48.1 Å². The molecular weight excluding hydrogens is 324 g/mol. The number of allylic oxidation sites excluding steroid dienone is 2. The van der Waals surface area contributed by atoms with Gasteiger partial charge in [0.1, 0.15) is 0 Å². The molecule has 1 atom stereocenters. The number of carbonyl (C=O) groups excluding carboxylic acids is 2. The molecule has 0 aliphatic heterocycles. The van der Waals surface area contributed by atoms with Crippen LogP contribution in [0.2, 0.25) is 0 Å². The minimum absolute atomic E-state index is 0.0697. The first-order valence-corrected chi connectivity index (χ1v) is 7.90. The van der Waals surface area contributed by atoms with E-state index in [1.54, 1.807) is 0 Å². The molecular formula is C19H20O6. The van der Waals surface area contributed by atoms with Crippen molar-refractivity contribution in [3.05, 3.63) is 59.2 Å². The van der Waals surface area contributed by atoms with E-state index in [0.717, 1.165) is 18.4 Å². The summed E-state index contributed by atoms with van der Waals surface area (Å²) in [6.07, 6.45) is 4.07. The minimum atomic E-state index is -1.08. The fourth-order valence-electron chi connectivity index (χ4n) is 2.53. The van der Waals surface area contributed by atoms with E-state index in [0.29, 0.717) is 17.9 Å². The van der Waals surface area contributed by atoms with E-state index in [1.807, 2.05) is 13.0 Å². The highest BCUT2D eigenvalue weighted by Gasteiger charge is 2.20. The molecule has 1 aliphatic carbocycles. The Labute approximate surface area is 145 Å². The lowest BCUT2D eigenvalue weighted by Crippen LogP contribution is -2.17. The number of esters is 2. The summed E-state index contributed by atoms with van der Waals surface area (Å²) >= 11 is 0. The van der Waals surface area contributed by atoms with Gasteiger partial charge in [0, 0.05) is 5.57 Å². The molecule has 0 saturated heterocycles. The second kappa shape index (κ2) is 8.28. The summed E-state index contributed by atoms with van der Waals surface area (Å²) in [5.41, 5.74) is 1.94. The van der Waals surface area contributed by atoms with E-state index < -0.39 is 24.7 Å². The Bertz CT molecular complexity index is 714.